The van der Waals surface area contributed by atoms with Crippen LogP contribution in [0.2, 0.25) is 0 Å². The van der Waals surface area contributed by atoms with E-state index in [9.17, 15) is 23.3 Å². The van der Waals surface area contributed by atoms with Crippen LogP contribution < -0.4 is 10.3 Å². The van der Waals surface area contributed by atoms with Crippen molar-refractivity contribution in [2.45, 2.75) is 4.90 Å². The summed E-state index contributed by atoms with van der Waals surface area (Å²) in [5.74, 6) is -0.628. The van der Waals surface area contributed by atoms with Gasteiger partial charge in [0.15, 0.2) is 0 Å². The lowest BCUT2D eigenvalue weighted by Gasteiger charge is -2.08. The molecule has 0 spiro atoms. The first-order chi connectivity index (χ1) is 12.7. The number of aromatic nitrogens is 1. The van der Waals surface area contributed by atoms with Crippen LogP contribution in [0.5, 0.6) is 0 Å². The van der Waals surface area contributed by atoms with Gasteiger partial charge in [0.1, 0.15) is 0 Å². The lowest BCUT2D eigenvalue weighted by atomic mass is 10.2. The number of hydrogen-bond acceptors (Lipinski definition) is 5. The van der Waals surface area contributed by atoms with E-state index in [2.05, 4.69) is 21.4 Å². The minimum Gasteiger partial charge on any atom is -0.350 e. The number of hydrogen-bond donors (Lipinski definition) is 2. The zero-order valence-corrected chi connectivity index (χ0v) is 16.2. The minimum atomic E-state index is -4.12. The van der Waals surface area contributed by atoms with E-state index in [4.69, 9.17) is 0 Å². The van der Waals surface area contributed by atoms with Gasteiger partial charge < -0.3 is 4.57 Å². The molecule has 3 aromatic rings. The van der Waals surface area contributed by atoms with E-state index in [1.807, 2.05) is 17.0 Å². The molecule has 0 bridgehead atoms. The summed E-state index contributed by atoms with van der Waals surface area (Å²) in [4.78, 5) is 24.3. The first kappa shape index (κ1) is 19.0. The number of aryl methyl sites for hydroxylation is 1. The number of benzene rings is 2. The van der Waals surface area contributed by atoms with Crippen molar-refractivity contribution in [1.29, 1.82) is 0 Å². The van der Waals surface area contributed by atoms with Crippen molar-refractivity contribution < 1.29 is 18.1 Å². The zero-order valence-electron chi connectivity index (χ0n) is 13.8. The minimum absolute atomic E-state index is 0.00996. The second-order valence-corrected chi connectivity index (χ2v) is 8.14. The van der Waals surface area contributed by atoms with E-state index in [1.54, 1.807) is 29.9 Å². The van der Waals surface area contributed by atoms with Crippen molar-refractivity contribution in [3.63, 3.8) is 0 Å². The largest absolute Gasteiger partial charge is 0.350 e. The van der Waals surface area contributed by atoms with Gasteiger partial charge in [-0.25, -0.2) is 8.42 Å². The van der Waals surface area contributed by atoms with Crippen LogP contribution in [0.1, 0.15) is 10.4 Å². The maximum atomic E-state index is 12.4. The summed E-state index contributed by atoms with van der Waals surface area (Å²) in [6, 6.07) is 10.4. The van der Waals surface area contributed by atoms with Crippen LogP contribution in [0, 0.1) is 10.1 Å². The van der Waals surface area contributed by atoms with E-state index in [1.165, 1.54) is 0 Å². The molecule has 0 aliphatic carbocycles. The van der Waals surface area contributed by atoms with Gasteiger partial charge in [-0.1, -0.05) is 18.2 Å². The quantitative estimate of drug-likeness (QED) is 0.454. The average Bonchev–Trinajstić information content (AvgIpc) is 2.96. The summed E-state index contributed by atoms with van der Waals surface area (Å²) in [6.07, 6.45) is 1.59. The van der Waals surface area contributed by atoms with Crippen molar-refractivity contribution >= 4 is 48.5 Å². The van der Waals surface area contributed by atoms with Crippen LogP contribution in [0.4, 0.5) is 5.69 Å². The van der Waals surface area contributed by atoms with Crippen molar-refractivity contribution in [3.05, 3.63) is 68.8 Å². The number of nitro groups is 1. The van der Waals surface area contributed by atoms with E-state index >= 15 is 0 Å². The van der Waals surface area contributed by atoms with Crippen molar-refractivity contribution in [3.8, 4) is 0 Å². The summed E-state index contributed by atoms with van der Waals surface area (Å²) >= 11 is 2.96. The number of carbonyl (C=O) groups excluding carboxylic acids is 1. The molecule has 2 aromatic carbocycles. The number of nitro benzene ring substituents is 1. The zero-order chi connectivity index (χ0) is 19.8. The summed E-state index contributed by atoms with van der Waals surface area (Å²) in [6.45, 7) is 0. The molecule has 140 valence electrons. The van der Waals surface area contributed by atoms with Crippen molar-refractivity contribution in [2.24, 2.45) is 7.05 Å². The van der Waals surface area contributed by atoms with E-state index in [0.717, 1.165) is 23.7 Å². The van der Waals surface area contributed by atoms with Gasteiger partial charge in [0.05, 0.1) is 19.9 Å². The summed E-state index contributed by atoms with van der Waals surface area (Å²) in [5.41, 5.74) is 3.02. The maximum absolute atomic E-state index is 12.4. The highest BCUT2D eigenvalue weighted by Crippen LogP contribution is 2.27. The molecule has 0 saturated heterocycles. The second kappa shape index (κ2) is 7.10. The number of hydrazine groups is 1. The van der Waals surface area contributed by atoms with Gasteiger partial charge in [0.25, 0.3) is 21.6 Å². The topological polar surface area (TPSA) is 123 Å². The molecule has 11 heteroatoms. The SMILES string of the molecule is Cn1cc(C(=O)NNS(=O)(=O)c2ccc([N+](=O)[O-])c(Br)c2)c2ccccc21. The molecule has 2 N–H and O–H groups in total. The van der Waals surface area contributed by atoms with Crippen molar-refractivity contribution in [1.82, 2.24) is 14.8 Å². The third-order valence-electron chi connectivity index (χ3n) is 3.87. The normalized spacial score (nSPS) is 11.5. The van der Waals surface area contributed by atoms with Crippen LogP contribution in [-0.2, 0) is 17.1 Å². The Hall–Kier alpha value is -2.76. The third-order valence-corrected chi connectivity index (χ3v) is 5.75. The molecule has 0 aliphatic rings. The number of amides is 1. The molecule has 0 radical (unpaired) electrons. The van der Waals surface area contributed by atoms with E-state index < -0.39 is 20.9 Å². The smallest absolute Gasteiger partial charge is 0.283 e. The molecule has 3 rings (SSSR count). The number of carbonyl (C=O) groups is 1. The molecular weight excluding hydrogens is 440 g/mol. The Kier molecular flexibility index (Phi) is 5.00. The molecule has 0 saturated carbocycles. The second-order valence-electron chi connectivity index (χ2n) is 5.60. The highest BCUT2D eigenvalue weighted by atomic mass is 79.9. The molecule has 0 unspecified atom stereocenters. The molecule has 9 nitrogen and oxygen atoms in total. The van der Waals surface area contributed by atoms with Gasteiger partial charge in [0, 0.05) is 30.2 Å². The van der Waals surface area contributed by atoms with Crippen LogP contribution >= 0.6 is 15.9 Å². The molecule has 1 aromatic heterocycles. The van der Waals surface area contributed by atoms with Gasteiger partial charge in [-0.2, -0.15) is 0 Å². The molecule has 0 fully saturated rings. The molecule has 0 atom stereocenters. The lowest BCUT2D eigenvalue weighted by molar-refractivity contribution is -0.385. The van der Waals surface area contributed by atoms with Gasteiger partial charge in [-0.05, 0) is 34.1 Å². The van der Waals surface area contributed by atoms with Crippen LogP contribution in [0.15, 0.2) is 58.0 Å². The fourth-order valence-electron chi connectivity index (χ4n) is 2.57. The van der Waals surface area contributed by atoms with Crippen LogP contribution in [0.25, 0.3) is 10.9 Å². The number of halogens is 1. The molecule has 1 heterocycles. The first-order valence-electron chi connectivity index (χ1n) is 7.51. The Morgan fingerprint density at radius 1 is 1.22 bits per heavy atom. The maximum Gasteiger partial charge on any atom is 0.283 e. The molecule has 1 amide bonds. The Morgan fingerprint density at radius 2 is 1.93 bits per heavy atom. The van der Waals surface area contributed by atoms with Crippen LogP contribution in [-0.4, -0.2) is 23.8 Å². The predicted octanol–water partition coefficient (Wildman–Crippen LogP) is 2.47. The number of sulfonamides is 1. The highest BCUT2D eigenvalue weighted by molar-refractivity contribution is 9.10. The van der Waals surface area contributed by atoms with Gasteiger partial charge in [-0.3, -0.25) is 20.3 Å². The molecule has 27 heavy (non-hydrogen) atoms. The molecular formula is C16H13BrN4O5S. The average molecular weight is 453 g/mol. The van der Waals surface area contributed by atoms with E-state index in [0.29, 0.717) is 10.9 Å². The van der Waals surface area contributed by atoms with Gasteiger partial charge in [-0.15, -0.1) is 4.83 Å². The number of fused-ring (bicyclic) bond motifs is 1. The fourth-order valence-corrected chi connectivity index (χ4v) is 4.11. The Balaban J connectivity index is 1.82. The van der Waals surface area contributed by atoms with Gasteiger partial charge in [0.2, 0.25) is 0 Å². The lowest BCUT2D eigenvalue weighted by Crippen LogP contribution is -2.41. The Labute approximate surface area is 162 Å². The third kappa shape index (κ3) is 3.70. The summed E-state index contributed by atoms with van der Waals surface area (Å²) < 4.78 is 26.5. The number of nitrogens with one attached hydrogen (secondary N) is 2. The van der Waals surface area contributed by atoms with Crippen molar-refractivity contribution in [2.75, 3.05) is 0 Å². The van der Waals surface area contributed by atoms with Crippen LogP contribution in [0.3, 0.4) is 0 Å². The number of para-hydroxylation sites is 1. The number of rotatable bonds is 5. The summed E-state index contributed by atoms with van der Waals surface area (Å²) in [7, 11) is -2.34. The van der Waals surface area contributed by atoms with Gasteiger partial charge >= 0.3 is 0 Å². The van der Waals surface area contributed by atoms with E-state index in [-0.39, 0.29) is 15.1 Å². The monoisotopic (exact) mass is 452 g/mol. The highest BCUT2D eigenvalue weighted by Gasteiger charge is 2.21. The Morgan fingerprint density at radius 3 is 2.59 bits per heavy atom. The Bertz CT molecular complexity index is 1170. The molecule has 0 aliphatic heterocycles. The standard InChI is InChI=1S/C16H13BrN4O5S/c1-20-9-12(11-4-2-3-5-14(11)20)16(22)18-19-27(25,26)10-6-7-15(21(23)24)13(17)8-10/h2-9,19H,1H3,(H,18,22). The fraction of sp³-hybridized carbons (Fsp3) is 0.0625. The summed E-state index contributed by atoms with van der Waals surface area (Å²) in [5, 5.41) is 11.5. The number of nitrogens with zero attached hydrogens (tertiary/aromatic N) is 2. The predicted molar refractivity (Wildman–Crippen MR) is 102 cm³/mol. The first-order valence-corrected chi connectivity index (χ1v) is 9.78.